The average Bonchev–Trinajstić information content (AvgIpc) is 2.20. The molecule has 1 heterocycles. The van der Waals surface area contributed by atoms with Crippen molar-refractivity contribution in [3.8, 4) is 5.75 Å². The Morgan fingerprint density at radius 2 is 2.13 bits per heavy atom. The van der Waals surface area contributed by atoms with Gasteiger partial charge in [0, 0.05) is 18.5 Å². The van der Waals surface area contributed by atoms with Gasteiger partial charge in [-0.25, -0.2) is 8.42 Å². The van der Waals surface area contributed by atoms with Gasteiger partial charge in [-0.15, -0.1) is 0 Å². The number of sulfone groups is 1. The fourth-order valence-corrected chi connectivity index (χ4v) is 1.85. The van der Waals surface area contributed by atoms with Crippen molar-refractivity contribution < 1.29 is 13.5 Å². The molecule has 15 heavy (non-hydrogen) atoms. The summed E-state index contributed by atoms with van der Waals surface area (Å²) in [5.41, 5.74) is -0.566. The first kappa shape index (κ1) is 11.8. The first-order valence-corrected chi connectivity index (χ1v) is 6.37. The van der Waals surface area contributed by atoms with E-state index >= 15 is 0 Å². The summed E-state index contributed by atoms with van der Waals surface area (Å²) in [6.45, 7) is 1.63. The molecule has 0 unspecified atom stereocenters. The zero-order chi connectivity index (χ0) is 11.5. The number of hydrogen-bond donors (Lipinski definition) is 1. The molecular weight excluding hydrogens is 218 g/mol. The highest BCUT2D eigenvalue weighted by molar-refractivity contribution is 7.91. The Morgan fingerprint density at radius 1 is 1.47 bits per heavy atom. The van der Waals surface area contributed by atoms with Crippen LogP contribution in [0.1, 0.15) is 6.92 Å². The van der Waals surface area contributed by atoms with Crippen molar-refractivity contribution in [2.24, 2.45) is 0 Å². The lowest BCUT2D eigenvalue weighted by Crippen LogP contribution is -2.23. The van der Waals surface area contributed by atoms with Gasteiger partial charge in [-0.3, -0.25) is 4.79 Å². The van der Waals surface area contributed by atoms with Crippen LogP contribution >= 0.6 is 0 Å². The predicted octanol–water partition coefficient (Wildman–Crippen LogP) is -0.0114. The third kappa shape index (κ3) is 3.09. The minimum atomic E-state index is -3.09. The minimum Gasteiger partial charge on any atom is -0.503 e. The number of pyridine rings is 1. The van der Waals surface area contributed by atoms with Crippen LogP contribution in [-0.2, 0) is 16.4 Å². The zero-order valence-corrected chi connectivity index (χ0v) is 9.20. The predicted molar refractivity (Wildman–Crippen MR) is 56.7 cm³/mol. The molecule has 0 saturated heterocycles. The van der Waals surface area contributed by atoms with Crippen LogP contribution in [0.2, 0.25) is 0 Å². The molecule has 0 saturated carbocycles. The summed E-state index contributed by atoms with van der Waals surface area (Å²) in [4.78, 5) is 11.3. The minimum absolute atomic E-state index is 0.0561. The fraction of sp³-hybridized carbons (Fsp3) is 0.444. The van der Waals surface area contributed by atoms with E-state index in [4.69, 9.17) is 5.11 Å². The van der Waals surface area contributed by atoms with Crippen LogP contribution in [0.5, 0.6) is 5.75 Å². The number of hydrogen-bond acceptors (Lipinski definition) is 4. The number of aromatic nitrogens is 1. The summed E-state index contributed by atoms with van der Waals surface area (Å²) in [6.07, 6.45) is 1.45. The summed E-state index contributed by atoms with van der Waals surface area (Å²) < 4.78 is 23.6. The lowest BCUT2D eigenvalue weighted by Gasteiger charge is -2.05. The van der Waals surface area contributed by atoms with Crippen molar-refractivity contribution in [2.45, 2.75) is 13.5 Å². The van der Waals surface area contributed by atoms with Gasteiger partial charge in [0.1, 0.15) is 0 Å². The van der Waals surface area contributed by atoms with E-state index in [1.54, 1.807) is 6.92 Å². The first-order chi connectivity index (χ1) is 6.96. The van der Waals surface area contributed by atoms with Crippen molar-refractivity contribution in [3.63, 3.8) is 0 Å². The van der Waals surface area contributed by atoms with Gasteiger partial charge in [-0.05, 0) is 12.1 Å². The average molecular weight is 231 g/mol. The molecule has 1 rings (SSSR count). The van der Waals surface area contributed by atoms with E-state index in [9.17, 15) is 13.2 Å². The van der Waals surface area contributed by atoms with Crippen molar-refractivity contribution in [1.29, 1.82) is 0 Å². The van der Waals surface area contributed by atoms with Gasteiger partial charge in [0.05, 0.1) is 5.75 Å². The Hall–Kier alpha value is -1.30. The Kier molecular flexibility index (Phi) is 3.52. The Balaban J connectivity index is 2.84. The molecule has 0 bridgehead atoms. The smallest absolute Gasteiger partial charge is 0.292 e. The van der Waals surface area contributed by atoms with E-state index in [0.717, 1.165) is 0 Å². The summed E-state index contributed by atoms with van der Waals surface area (Å²) in [5, 5.41) is 9.10. The van der Waals surface area contributed by atoms with Crippen molar-refractivity contribution in [1.82, 2.24) is 4.57 Å². The fourth-order valence-electron chi connectivity index (χ4n) is 1.08. The molecule has 0 aliphatic rings. The first-order valence-electron chi connectivity index (χ1n) is 4.55. The lowest BCUT2D eigenvalue weighted by atomic mass is 10.4. The summed E-state index contributed by atoms with van der Waals surface area (Å²) in [7, 11) is -3.09. The summed E-state index contributed by atoms with van der Waals surface area (Å²) in [6, 6.07) is 2.77. The van der Waals surface area contributed by atoms with Crippen LogP contribution in [0.3, 0.4) is 0 Å². The normalized spacial score (nSPS) is 11.5. The van der Waals surface area contributed by atoms with Crippen LogP contribution in [0.15, 0.2) is 23.1 Å². The molecule has 0 radical (unpaired) electrons. The highest BCUT2D eigenvalue weighted by atomic mass is 32.2. The summed E-state index contributed by atoms with van der Waals surface area (Å²) in [5.74, 6) is -0.403. The Bertz CT molecular complexity index is 489. The van der Waals surface area contributed by atoms with Gasteiger partial charge in [-0.1, -0.05) is 6.92 Å². The van der Waals surface area contributed by atoms with Gasteiger partial charge in [-0.2, -0.15) is 0 Å². The topological polar surface area (TPSA) is 76.4 Å². The SMILES string of the molecule is CCS(=O)(=O)CCn1cccc(O)c1=O. The second-order valence-corrected chi connectivity index (χ2v) is 5.60. The van der Waals surface area contributed by atoms with E-state index < -0.39 is 15.4 Å². The van der Waals surface area contributed by atoms with Crippen LogP contribution in [0.25, 0.3) is 0 Å². The van der Waals surface area contributed by atoms with Crippen molar-refractivity contribution >= 4 is 9.84 Å². The highest BCUT2D eigenvalue weighted by Crippen LogP contribution is 1.98. The summed E-state index contributed by atoms with van der Waals surface area (Å²) >= 11 is 0. The number of nitrogens with zero attached hydrogens (tertiary/aromatic N) is 1. The molecule has 1 aromatic heterocycles. The molecule has 0 amide bonds. The molecule has 0 atom stereocenters. The highest BCUT2D eigenvalue weighted by Gasteiger charge is 2.08. The molecule has 0 aromatic carbocycles. The molecule has 84 valence electrons. The maximum Gasteiger partial charge on any atom is 0.292 e. The third-order valence-electron chi connectivity index (χ3n) is 2.08. The van der Waals surface area contributed by atoms with Gasteiger partial charge >= 0.3 is 0 Å². The van der Waals surface area contributed by atoms with Crippen molar-refractivity contribution in [2.75, 3.05) is 11.5 Å². The van der Waals surface area contributed by atoms with Crippen LogP contribution in [0.4, 0.5) is 0 Å². The molecule has 0 fully saturated rings. The van der Waals surface area contributed by atoms with Crippen LogP contribution in [0, 0.1) is 0 Å². The van der Waals surface area contributed by atoms with E-state index in [0.29, 0.717) is 0 Å². The Labute approximate surface area is 87.9 Å². The van der Waals surface area contributed by atoms with E-state index in [-0.39, 0.29) is 23.8 Å². The monoisotopic (exact) mass is 231 g/mol. The third-order valence-corrected chi connectivity index (χ3v) is 3.77. The number of rotatable bonds is 4. The van der Waals surface area contributed by atoms with Gasteiger partial charge in [0.2, 0.25) is 0 Å². The van der Waals surface area contributed by atoms with Crippen LogP contribution in [-0.4, -0.2) is 29.6 Å². The molecule has 0 aliphatic heterocycles. The molecule has 1 N–H and O–H groups in total. The molecule has 0 aliphatic carbocycles. The molecule has 0 spiro atoms. The van der Waals surface area contributed by atoms with E-state index in [1.807, 2.05) is 0 Å². The van der Waals surface area contributed by atoms with Gasteiger partial charge < -0.3 is 9.67 Å². The largest absolute Gasteiger partial charge is 0.503 e. The van der Waals surface area contributed by atoms with E-state index in [1.165, 1.54) is 22.9 Å². The molecule has 1 aromatic rings. The molecule has 6 heteroatoms. The maximum absolute atomic E-state index is 11.3. The Morgan fingerprint density at radius 3 is 2.73 bits per heavy atom. The number of aryl methyl sites for hydroxylation is 1. The van der Waals surface area contributed by atoms with Gasteiger partial charge in [0.25, 0.3) is 5.56 Å². The maximum atomic E-state index is 11.3. The molecular formula is C9H13NO4S. The second-order valence-electron chi connectivity index (χ2n) is 3.13. The zero-order valence-electron chi connectivity index (χ0n) is 8.38. The lowest BCUT2D eigenvalue weighted by molar-refractivity contribution is 0.458. The quantitative estimate of drug-likeness (QED) is 0.790. The standard InChI is InChI=1S/C9H13NO4S/c1-2-15(13,14)7-6-10-5-3-4-8(11)9(10)12/h3-5,11H,2,6-7H2,1H3. The molecule has 5 nitrogen and oxygen atoms in total. The van der Waals surface area contributed by atoms with Crippen molar-refractivity contribution in [3.05, 3.63) is 28.7 Å². The van der Waals surface area contributed by atoms with Gasteiger partial charge in [0.15, 0.2) is 15.6 Å². The van der Waals surface area contributed by atoms with E-state index in [2.05, 4.69) is 0 Å². The van der Waals surface area contributed by atoms with Crippen LogP contribution < -0.4 is 5.56 Å². The second kappa shape index (κ2) is 4.48. The number of aromatic hydroxyl groups is 1.